The molecule has 1 aliphatic heterocycles. The number of amides is 1. The number of ether oxygens (including phenoxy) is 1. The van der Waals surface area contributed by atoms with Crippen LogP contribution >= 0.6 is 0 Å². The third kappa shape index (κ3) is 3.46. The fourth-order valence-corrected chi connectivity index (χ4v) is 2.26. The van der Waals surface area contributed by atoms with Crippen molar-refractivity contribution in [2.24, 2.45) is 5.92 Å². The molecule has 1 heterocycles. The van der Waals surface area contributed by atoms with Gasteiger partial charge in [0, 0.05) is 45.1 Å². The van der Waals surface area contributed by atoms with Gasteiger partial charge in [-0.05, 0) is 19.3 Å². The summed E-state index contributed by atoms with van der Waals surface area (Å²) in [6.45, 7) is 3.42. The van der Waals surface area contributed by atoms with E-state index >= 15 is 0 Å². The number of carbonyl (C=O) groups excluding carboxylic acids is 1. The lowest BCUT2D eigenvalue weighted by molar-refractivity contribution is -0.130. The van der Waals surface area contributed by atoms with Gasteiger partial charge in [0.05, 0.1) is 6.61 Å². The lowest BCUT2D eigenvalue weighted by atomic mass is 10.1. The van der Waals surface area contributed by atoms with Crippen LogP contribution in [0.2, 0.25) is 0 Å². The molecule has 0 radical (unpaired) electrons. The highest BCUT2D eigenvalue weighted by molar-refractivity contribution is 5.76. The maximum atomic E-state index is 11.8. The van der Waals surface area contributed by atoms with Gasteiger partial charge >= 0.3 is 0 Å². The summed E-state index contributed by atoms with van der Waals surface area (Å²) in [5.74, 6) is 0.845. The van der Waals surface area contributed by atoms with Crippen LogP contribution < -0.4 is 5.32 Å². The van der Waals surface area contributed by atoms with Crippen LogP contribution in [0, 0.1) is 5.92 Å². The van der Waals surface area contributed by atoms with Gasteiger partial charge in [-0.2, -0.15) is 0 Å². The standard InChI is InChI=1S/C12H22N2O2/c1-16-9-10-5-7-14(8-10)12(15)4-6-13-11-2-3-11/h10-11,13H,2-9H2,1H3. The number of nitrogens with one attached hydrogen (secondary N) is 1. The Morgan fingerprint density at radius 2 is 2.25 bits per heavy atom. The summed E-state index contributed by atoms with van der Waals surface area (Å²) in [6.07, 6.45) is 4.31. The number of likely N-dealkylation sites (tertiary alicyclic amines) is 1. The van der Waals surface area contributed by atoms with E-state index in [-0.39, 0.29) is 0 Å². The number of hydrogen-bond acceptors (Lipinski definition) is 3. The molecule has 1 saturated heterocycles. The smallest absolute Gasteiger partial charge is 0.223 e. The van der Waals surface area contributed by atoms with Crippen LogP contribution in [0.25, 0.3) is 0 Å². The van der Waals surface area contributed by atoms with Gasteiger partial charge < -0.3 is 15.0 Å². The molecular weight excluding hydrogens is 204 g/mol. The van der Waals surface area contributed by atoms with Gasteiger partial charge in [-0.25, -0.2) is 0 Å². The molecule has 0 aromatic heterocycles. The zero-order valence-corrected chi connectivity index (χ0v) is 10.1. The lowest BCUT2D eigenvalue weighted by Gasteiger charge is -2.16. The molecule has 4 nitrogen and oxygen atoms in total. The predicted molar refractivity (Wildman–Crippen MR) is 62.2 cm³/mol. The van der Waals surface area contributed by atoms with E-state index in [0.717, 1.165) is 32.7 Å². The lowest BCUT2D eigenvalue weighted by Crippen LogP contribution is -2.32. The topological polar surface area (TPSA) is 41.6 Å². The van der Waals surface area contributed by atoms with Gasteiger partial charge in [-0.15, -0.1) is 0 Å². The monoisotopic (exact) mass is 226 g/mol. The molecule has 2 aliphatic rings. The van der Waals surface area contributed by atoms with E-state index in [9.17, 15) is 4.79 Å². The Kier molecular flexibility index (Phi) is 4.18. The van der Waals surface area contributed by atoms with E-state index in [1.807, 2.05) is 4.90 Å². The highest BCUT2D eigenvalue weighted by Gasteiger charge is 2.26. The van der Waals surface area contributed by atoms with Crippen LogP contribution in [0.15, 0.2) is 0 Å². The van der Waals surface area contributed by atoms with Crippen molar-refractivity contribution in [2.45, 2.75) is 31.7 Å². The Bertz CT molecular complexity index is 241. The molecule has 1 aliphatic carbocycles. The molecule has 4 heteroatoms. The van der Waals surface area contributed by atoms with E-state index in [1.165, 1.54) is 12.8 Å². The minimum atomic E-state index is 0.298. The summed E-state index contributed by atoms with van der Waals surface area (Å²) in [4.78, 5) is 13.8. The number of nitrogens with zero attached hydrogens (tertiary/aromatic N) is 1. The van der Waals surface area contributed by atoms with Crippen LogP contribution in [-0.4, -0.2) is 50.2 Å². The van der Waals surface area contributed by atoms with E-state index in [1.54, 1.807) is 7.11 Å². The second-order valence-electron chi connectivity index (χ2n) is 4.93. The average Bonchev–Trinajstić information content (AvgIpc) is 2.97. The first kappa shape index (κ1) is 11.9. The van der Waals surface area contributed by atoms with Crippen molar-refractivity contribution in [1.29, 1.82) is 0 Å². The molecule has 1 unspecified atom stereocenters. The molecule has 0 bridgehead atoms. The zero-order valence-electron chi connectivity index (χ0n) is 10.1. The second kappa shape index (κ2) is 5.64. The summed E-state index contributed by atoms with van der Waals surface area (Å²) in [5, 5.41) is 3.38. The summed E-state index contributed by atoms with van der Waals surface area (Å²) in [7, 11) is 1.73. The Morgan fingerprint density at radius 3 is 2.94 bits per heavy atom. The maximum Gasteiger partial charge on any atom is 0.223 e. The highest BCUT2D eigenvalue weighted by atomic mass is 16.5. The van der Waals surface area contributed by atoms with Gasteiger partial charge in [-0.3, -0.25) is 4.79 Å². The fraction of sp³-hybridized carbons (Fsp3) is 0.917. The van der Waals surface area contributed by atoms with Crippen LogP contribution in [0.3, 0.4) is 0 Å². The first-order chi connectivity index (χ1) is 7.79. The fourth-order valence-electron chi connectivity index (χ4n) is 2.26. The number of carbonyl (C=O) groups is 1. The Labute approximate surface area is 97.3 Å². The minimum Gasteiger partial charge on any atom is -0.384 e. The van der Waals surface area contributed by atoms with Gasteiger partial charge in [0.15, 0.2) is 0 Å². The summed E-state index contributed by atoms with van der Waals surface area (Å²) in [6, 6.07) is 0.701. The molecular formula is C12H22N2O2. The van der Waals surface area contributed by atoms with Crippen LogP contribution in [0.5, 0.6) is 0 Å². The SMILES string of the molecule is COCC1CCN(C(=O)CCNC2CC2)C1. The molecule has 16 heavy (non-hydrogen) atoms. The molecule has 92 valence electrons. The normalized spacial score (nSPS) is 25.1. The highest BCUT2D eigenvalue weighted by Crippen LogP contribution is 2.19. The van der Waals surface area contributed by atoms with E-state index < -0.39 is 0 Å². The van der Waals surface area contributed by atoms with E-state index in [2.05, 4.69) is 5.32 Å². The quantitative estimate of drug-likeness (QED) is 0.722. The maximum absolute atomic E-state index is 11.8. The summed E-state index contributed by atoms with van der Waals surface area (Å²) in [5.41, 5.74) is 0. The second-order valence-corrected chi connectivity index (χ2v) is 4.93. The molecule has 0 aromatic carbocycles. The summed E-state index contributed by atoms with van der Waals surface area (Å²) < 4.78 is 5.12. The third-order valence-corrected chi connectivity index (χ3v) is 3.39. The van der Waals surface area contributed by atoms with Gasteiger partial charge in [0.2, 0.25) is 5.91 Å². The number of methoxy groups -OCH3 is 1. The number of rotatable bonds is 6. The van der Waals surface area contributed by atoms with Crippen LogP contribution in [0.1, 0.15) is 25.7 Å². The van der Waals surface area contributed by atoms with Crippen molar-refractivity contribution in [1.82, 2.24) is 10.2 Å². The molecule has 2 rings (SSSR count). The van der Waals surface area contributed by atoms with E-state index in [4.69, 9.17) is 4.74 Å². The molecule has 1 amide bonds. The van der Waals surface area contributed by atoms with Crippen molar-refractivity contribution in [3.8, 4) is 0 Å². The molecule has 1 saturated carbocycles. The molecule has 0 spiro atoms. The van der Waals surface area contributed by atoms with Crippen molar-refractivity contribution in [3.05, 3.63) is 0 Å². The molecule has 0 aromatic rings. The van der Waals surface area contributed by atoms with Crippen molar-refractivity contribution >= 4 is 5.91 Å². The predicted octanol–water partition coefficient (Wildman–Crippen LogP) is 0.623. The van der Waals surface area contributed by atoms with Crippen molar-refractivity contribution in [3.63, 3.8) is 0 Å². The summed E-state index contributed by atoms with van der Waals surface area (Å²) >= 11 is 0. The Hall–Kier alpha value is -0.610. The number of hydrogen-bond donors (Lipinski definition) is 1. The Morgan fingerprint density at radius 1 is 1.44 bits per heavy atom. The minimum absolute atomic E-state index is 0.298. The molecule has 2 fully saturated rings. The van der Waals surface area contributed by atoms with Crippen LogP contribution in [0.4, 0.5) is 0 Å². The third-order valence-electron chi connectivity index (χ3n) is 3.39. The first-order valence-corrected chi connectivity index (χ1v) is 6.29. The van der Waals surface area contributed by atoms with Gasteiger partial charge in [0.1, 0.15) is 0 Å². The van der Waals surface area contributed by atoms with Gasteiger partial charge in [0.25, 0.3) is 0 Å². The zero-order chi connectivity index (χ0) is 11.4. The van der Waals surface area contributed by atoms with Gasteiger partial charge in [-0.1, -0.05) is 0 Å². The first-order valence-electron chi connectivity index (χ1n) is 6.29. The average molecular weight is 226 g/mol. The largest absolute Gasteiger partial charge is 0.384 e. The molecule has 1 atom stereocenters. The van der Waals surface area contributed by atoms with Crippen LogP contribution in [-0.2, 0) is 9.53 Å². The van der Waals surface area contributed by atoms with Crippen molar-refractivity contribution in [2.75, 3.05) is 33.4 Å². The molecule has 1 N–H and O–H groups in total. The van der Waals surface area contributed by atoms with E-state index in [0.29, 0.717) is 24.3 Å². The Balaban J connectivity index is 1.61. The van der Waals surface area contributed by atoms with Crippen molar-refractivity contribution < 1.29 is 9.53 Å².